The van der Waals surface area contributed by atoms with Gasteiger partial charge < -0.3 is 10.6 Å². The number of nitrogens with zero attached hydrogens (tertiary/aromatic N) is 1. The molecule has 0 atom stereocenters. The van der Waals surface area contributed by atoms with Crippen molar-refractivity contribution in [3.05, 3.63) is 28.6 Å². The van der Waals surface area contributed by atoms with Crippen LogP contribution in [0.5, 0.6) is 0 Å². The van der Waals surface area contributed by atoms with Crippen molar-refractivity contribution in [2.75, 3.05) is 12.3 Å². The van der Waals surface area contributed by atoms with Gasteiger partial charge in [-0.3, -0.25) is 4.79 Å². The largest absolute Gasteiger partial charge is 0.397 e. The second kappa shape index (κ2) is 5.83. The van der Waals surface area contributed by atoms with E-state index in [-0.39, 0.29) is 11.9 Å². The van der Waals surface area contributed by atoms with Crippen LogP contribution < -0.4 is 5.73 Å². The van der Waals surface area contributed by atoms with Gasteiger partial charge in [0.15, 0.2) is 0 Å². The Morgan fingerprint density at radius 1 is 1.40 bits per heavy atom. The Balaban J connectivity index is 2.46. The number of hydrogen-bond donors (Lipinski definition) is 1. The predicted molar refractivity (Wildman–Crippen MR) is 87.4 cm³/mol. The van der Waals surface area contributed by atoms with E-state index in [4.69, 9.17) is 5.73 Å². The maximum Gasteiger partial charge on any atom is 0.266 e. The highest BCUT2D eigenvalue weighted by molar-refractivity contribution is 7.21. The average molecular weight is 290 g/mol. The van der Waals surface area contributed by atoms with Crippen molar-refractivity contribution in [2.45, 2.75) is 40.2 Å². The van der Waals surface area contributed by atoms with Crippen molar-refractivity contribution in [3.63, 3.8) is 0 Å². The summed E-state index contributed by atoms with van der Waals surface area (Å²) in [6, 6.07) is 6.32. The number of thiophene rings is 1. The molecule has 0 spiro atoms. The quantitative estimate of drug-likeness (QED) is 0.923. The molecule has 1 aromatic carbocycles. The molecule has 108 valence electrons. The molecule has 0 aliphatic carbocycles. The lowest BCUT2D eigenvalue weighted by Crippen LogP contribution is -2.37. The van der Waals surface area contributed by atoms with E-state index in [0.717, 1.165) is 23.1 Å². The van der Waals surface area contributed by atoms with Crippen LogP contribution in [0.25, 0.3) is 10.1 Å². The number of benzene rings is 1. The molecule has 0 saturated carbocycles. The number of aryl methyl sites for hydroxylation is 1. The zero-order valence-electron chi connectivity index (χ0n) is 12.6. The Bertz CT molecular complexity index is 631. The standard InChI is InChI=1S/C16H22N2OS/c1-5-8-18(10(2)3)16(19)15-14(17)12-7-6-11(4)9-13(12)20-15/h6-7,9-10H,5,8,17H2,1-4H3. The maximum absolute atomic E-state index is 12.7. The molecule has 0 aliphatic rings. The first-order chi connectivity index (χ1) is 9.45. The first kappa shape index (κ1) is 14.9. The third-order valence-corrected chi connectivity index (χ3v) is 4.58. The summed E-state index contributed by atoms with van der Waals surface area (Å²) in [5.74, 6) is 0.0539. The molecule has 0 aliphatic heterocycles. The molecule has 1 heterocycles. The molecule has 3 nitrogen and oxygen atoms in total. The van der Waals surface area contributed by atoms with Gasteiger partial charge in [0.1, 0.15) is 4.88 Å². The topological polar surface area (TPSA) is 46.3 Å². The molecule has 0 bridgehead atoms. The van der Waals surface area contributed by atoms with Crippen LogP contribution in [-0.2, 0) is 0 Å². The number of carbonyl (C=O) groups excluding carboxylic acids is 1. The summed E-state index contributed by atoms with van der Waals surface area (Å²) in [4.78, 5) is 15.3. The normalized spacial score (nSPS) is 11.2. The predicted octanol–water partition coefficient (Wildman–Crippen LogP) is 4.05. The number of amides is 1. The third kappa shape index (κ3) is 2.66. The number of nitrogens with two attached hydrogens (primary N) is 1. The van der Waals surface area contributed by atoms with E-state index in [1.807, 2.05) is 37.8 Å². The molecule has 0 fully saturated rings. The number of anilines is 1. The van der Waals surface area contributed by atoms with Gasteiger partial charge in [-0.05, 0) is 38.8 Å². The van der Waals surface area contributed by atoms with Crippen LogP contribution in [0.15, 0.2) is 18.2 Å². The van der Waals surface area contributed by atoms with Crippen LogP contribution in [0.2, 0.25) is 0 Å². The SMILES string of the molecule is CCCN(C(=O)c1sc2cc(C)ccc2c1N)C(C)C. The van der Waals surface area contributed by atoms with Crippen LogP contribution in [0, 0.1) is 6.92 Å². The molecule has 2 N–H and O–H groups in total. The highest BCUT2D eigenvalue weighted by Gasteiger charge is 2.23. The van der Waals surface area contributed by atoms with Gasteiger partial charge in [-0.15, -0.1) is 11.3 Å². The lowest BCUT2D eigenvalue weighted by Gasteiger charge is -2.25. The van der Waals surface area contributed by atoms with Gasteiger partial charge in [-0.25, -0.2) is 0 Å². The van der Waals surface area contributed by atoms with E-state index < -0.39 is 0 Å². The van der Waals surface area contributed by atoms with Crippen LogP contribution >= 0.6 is 11.3 Å². The number of carbonyl (C=O) groups is 1. The molecule has 2 rings (SSSR count). The monoisotopic (exact) mass is 290 g/mol. The molecule has 1 amide bonds. The number of rotatable bonds is 4. The highest BCUT2D eigenvalue weighted by Crippen LogP contribution is 2.35. The van der Waals surface area contributed by atoms with Crippen LogP contribution in [0.1, 0.15) is 42.4 Å². The van der Waals surface area contributed by atoms with Crippen molar-refractivity contribution in [1.29, 1.82) is 0 Å². The fourth-order valence-corrected chi connectivity index (χ4v) is 3.53. The van der Waals surface area contributed by atoms with Gasteiger partial charge >= 0.3 is 0 Å². The van der Waals surface area contributed by atoms with Crippen LogP contribution in [-0.4, -0.2) is 23.4 Å². The van der Waals surface area contributed by atoms with E-state index in [9.17, 15) is 4.79 Å². The smallest absolute Gasteiger partial charge is 0.266 e. The van der Waals surface area contributed by atoms with Gasteiger partial charge in [0.05, 0.1) is 5.69 Å². The molecule has 0 saturated heterocycles. The Hall–Kier alpha value is -1.55. The number of hydrogen-bond acceptors (Lipinski definition) is 3. The third-order valence-electron chi connectivity index (χ3n) is 3.43. The van der Waals surface area contributed by atoms with Crippen molar-refractivity contribution in [3.8, 4) is 0 Å². The van der Waals surface area contributed by atoms with Crippen molar-refractivity contribution in [2.24, 2.45) is 0 Å². The summed E-state index contributed by atoms with van der Waals surface area (Å²) in [6.45, 7) is 8.99. The van der Waals surface area contributed by atoms with Gasteiger partial charge in [0.25, 0.3) is 5.91 Å². The molecule has 4 heteroatoms. The molecule has 1 aromatic heterocycles. The second-order valence-electron chi connectivity index (χ2n) is 5.44. The fourth-order valence-electron chi connectivity index (χ4n) is 2.35. The molecule has 20 heavy (non-hydrogen) atoms. The average Bonchev–Trinajstić information content (AvgIpc) is 2.71. The Kier molecular flexibility index (Phi) is 4.33. The summed E-state index contributed by atoms with van der Waals surface area (Å²) in [7, 11) is 0. The van der Waals surface area contributed by atoms with E-state index in [2.05, 4.69) is 13.0 Å². The van der Waals surface area contributed by atoms with Crippen molar-refractivity contribution in [1.82, 2.24) is 4.90 Å². The summed E-state index contributed by atoms with van der Waals surface area (Å²) in [6.07, 6.45) is 0.952. The van der Waals surface area contributed by atoms with Gasteiger partial charge in [-0.1, -0.05) is 19.1 Å². The molecular formula is C16H22N2OS. The summed E-state index contributed by atoms with van der Waals surface area (Å²) < 4.78 is 1.09. The van der Waals surface area contributed by atoms with E-state index in [1.165, 1.54) is 16.9 Å². The van der Waals surface area contributed by atoms with E-state index in [0.29, 0.717) is 10.6 Å². The van der Waals surface area contributed by atoms with Gasteiger partial charge in [0.2, 0.25) is 0 Å². The fraction of sp³-hybridized carbons (Fsp3) is 0.438. The minimum Gasteiger partial charge on any atom is -0.397 e. The van der Waals surface area contributed by atoms with Gasteiger partial charge in [-0.2, -0.15) is 0 Å². The van der Waals surface area contributed by atoms with Gasteiger partial charge in [0, 0.05) is 22.7 Å². The summed E-state index contributed by atoms with van der Waals surface area (Å²) >= 11 is 1.50. The minimum atomic E-state index is 0.0539. The zero-order valence-corrected chi connectivity index (χ0v) is 13.4. The van der Waals surface area contributed by atoms with E-state index >= 15 is 0 Å². The first-order valence-electron chi connectivity index (χ1n) is 7.05. The molecule has 0 unspecified atom stereocenters. The lowest BCUT2D eigenvalue weighted by atomic mass is 10.1. The molecule has 2 aromatic rings. The molecular weight excluding hydrogens is 268 g/mol. The summed E-state index contributed by atoms with van der Waals surface area (Å²) in [5, 5.41) is 0.990. The van der Waals surface area contributed by atoms with Crippen molar-refractivity contribution < 1.29 is 4.79 Å². The highest BCUT2D eigenvalue weighted by atomic mass is 32.1. The molecule has 0 radical (unpaired) electrons. The summed E-state index contributed by atoms with van der Waals surface area (Å²) in [5.41, 5.74) is 8.00. The number of nitrogen functional groups attached to an aromatic ring is 1. The Labute approximate surface area is 124 Å². The number of fused-ring (bicyclic) bond motifs is 1. The Morgan fingerprint density at radius 2 is 2.10 bits per heavy atom. The second-order valence-corrected chi connectivity index (χ2v) is 6.49. The lowest BCUT2D eigenvalue weighted by molar-refractivity contribution is 0.0712. The van der Waals surface area contributed by atoms with Crippen molar-refractivity contribution >= 4 is 33.0 Å². The van der Waals surface area contributed by atoms with E-state index in [1.54, 1.807) is 0 Å². The zero-order chi connectivity index (χ0) is 14.9. The first-order valence-corrected chi connectivity index (χ1v) is 7.87. The van der Waals surface area contributed by atoms with Crippen LogP contribution in [0.3, 0.4) is 0 Å². The Morgan fingerprint density at radius 3 is 2.70 bits per heavy atom. The maximum atomic E-state index is 12.7. The van der Waals surface area contributed by atoms with Crippen LogP contribution in [0.4, 0.5) is 5.69 Å². The minimum absolute atomic E-state index is 0.0539.